The lowest BCUT2D eigenvalue weighted by molar-refractivity contribution is 0.103. The molecule has 2 heterocycles. The number of hydrogen-bond acceptors (Lipinski definition) is 5. The van der Waals surface area contributed by atoms with Crippen LogP contribution in [-0.4, -0.2) is 20.1 Å². The van der Waals surface area contributed by atoms with Crippen LogP contribution in [0.25, 0.3) is 10.4 Å². The summed E-state index contributed by atoms with van der Waals surface area (Å²) in [6.45, 7) is 0. The van der Waals surface area contributed by atoms with E-state index in [-0.39, 0.29) is 5.91 Å². The van der Waals surface area contributed by atoms with Crippen molar-refractivity contribution < 1.29 is 14.3 Å². The number of thiophene rings is 1. The van der Waals surface area contributed by atoms with Crippen molar-refractivity contribution in [1.82, 2.24) is 0 Å². The Morgan fingerprint density at radius 2 is 1.89 bits per heavy atom. The third kappa shape index (κ3) is 3.40. The number of methoxy groups -OCH3 is 2. The van der Waals surface area contributed by atoms with Crippen LogP contribution in [0.4, 0.5) is 5.69 Å². The first-order valence-corrected chi connectivity index (χ1v) is 10.4. The molecule has 27 heavy (non-hydrogen) atoms. The third-order valence-electron chi connectivity index (χ3n) is 4.27. The molecule has 1 aliphatic rings. The summed E-state index contributed by atoms with van der Waals surface area (Å²) in [6, 6.07) is 13.5. The molecule has 4 nitrogen and oxygen atoms in total. The maximum atomic E-state index is 12.8. The van der Waals surface area contributed by atoms with Crippen LogP contribution in [0, 0.1) is 0 Å². The van der Waals surface area contributed by atoms with Crippen LogP contribution in [0.1, 0.15) is 15.2 Å². The Bertz CT molecular complexity index is 1030. The predicted octanol–water partition coefficient (Wildman–Crippen LogP) is 5.94. The van der Waals surface area contributed by atoms with E-state index < -0.39 is 0 Å². The summed E-state index contributed by atoms with van der Waals surface area (Å²) >= 11 is 9.50. The Kier molecular flexibility index (Phi) is 5.04. The normalized spacial score (nSPS) is 12.1. The Hall–Kier alpha value is -2.15. The molecule has 2 aromatic carbocycles. The molecule has 0 radical (unpaired) electrons. The van der Waals surface area contributed by atoms with Gasteiger partial charge < -0.3 is 14.8 Å². The average Bonchev–Trinajstić information content (AvgIpc) is 3.13. The molecule has 1 amide bonds. The van der Waals surface area contributed by atoms with E-state index in [9.17, 15) is 4.79 Å². The van der Waals surface area contributed by atoms with Crippen molar-refractivity contribution in [2.24, 2.45) is 0 Å². The van der Waals surface area contributed by atoms with Gasteiger partial charge in [0.1, 0.15) is 11.5 Å². The van der Waals surface area contributed by atoms with Crippen LogP contribution in [-0.2, 0) is 5.75 Å². The molecule has 7 heteroatoms. The van der Waals surface area contributed by atoms with E-state index in [1.54, 1.807) is 23.9 Å². The van der Waals surface area contributed by atoms with Crippen LogP contribution < -0.4 is 14.8 Å². The summed E-state index contributed by atoms with van der Waals surface area (Å²) in [5.41, 5.74) is 2.89. The van der Waals surface area contributed by atoms with Gasteiger partial charge in [-0.25, -0.2) is 0 Å². The van der Waals surface area contributed by atoms with Crippen LogP contribution in [0.15, 0.2) is 47.4 Å². The molecule has 1 N–H and O–H groups in total. The van der Waals surface area contributed by atoms with Crippen LogP contribution >= 0.6 is 34.7 Å². The second-order valence-corrected chi connectivity index (χ2v) is 8.37. The molecule has 1 aliphatic heterocycles. The molecule has 0 atom stereocenters. The minimum absolute atomic E-state index is 0.184. The highest BCUT2D eigenvalue weighted by Crippen LogP contribution is 2.45. The number of hydrogen-bond donors (Lipinski definition) is 1. The van der Waals surface area contributed by atoms with Crippen molar-refractivity contribution in [1.29, 1.82) is 0 Å². The number of carbonyl (C=O) groups is 1. The monoisotopic (exact) mass is 417 g/mol. The Labute approximate surface area is 170 Å². The lowest BCUT2D eigenvalue weighted by Gasteiger charge is -2.14. The van der Waals surface area contributed by atoms with Gasteiger partial charge >= 0.3 is 0 Å². The fourth-order valence-electron chi connectivity index (χ4n) is 2.95. The van der Waals surface area contributed by atoms with Gasteiger partial charge in [0.2, 0.25) is 0 Å². The third-order valence-corrected chi connectivity index (χ3v) is 6.90. The number of nitrogens with one attached hydrogen (secondary N) is 1. The van der Waals surface area contributed by atoms with Crippen LogP contribution in [0.2, 0.25) is 5.02 Å². The van der Waals surface area contributed by atoms with Gasteiger partial charge in [-0.3, -0.25) is 4.79 Å². The zero-order valence-corrected chi connectivity index (χ0v) is 17.1. The Balaban J connectivity index is 1.64. The number of rotatable bonds is 4. The van der Waals surface area contributed by atoms with Gasteiger partial charge in [-0.1, -0.05) is 29.8 Å². The number of thioether (sulfide) groups is 1. The summed E-state index contributed by atoms with van der Waals surface area (Å²) < 4.78 is 10.5. The average molecular weight is 418 g/mol. The van der Waals surface area contributed by atoms with E-state index in [0.717, 1.165) is 10.6 Å². The molecule has 0 unspecified atom stereocenters. The van der Waals surface area contributed by atoms with E-state index in [1.165, 1.54) is 41.6 Å². The number of halogens is 1. The summed E-state index contributed by atoms with van der Waals surface area (Å²) in [4.78, 5) is 15.9. The van der Waals surface area contributed by atoms with Crippen molar-refractivity contribution >= 4 is 46.3 Å². The molecule has 1 aromatic heterocycles. The van der Waals surface area contributed by atoms with Gasteiger partial charge in [0, 0.05) is 27.2 Å². The van der Waals surface area contributed by atoms with E-state index in [0.29, 0.717) is 27.1 Å². The maximum Gasteiger partial charge on any atom is 0.265 e. The van der Waals surface area contributed by atoms with Gasteiger partial charge in [-0.15, -0.1) is 23.1 Å². The lowest BCUT2D eigenvalue weighted by atomic mass is 10.1. The SMILES string of the molecule is COc1cc(OC)c(NC(=O)c2cc3c(s2)-c2ccccc2SC3)cc1Cl. The maximum absolute atomic E-state index is 12.8. The molecule has 0 fully saturated rings. The van der Waals surface area contributed by atoms with Crippen molar-refractivity contribution in [2.75, 3.05) is 19.5 Å². The minimum atomic E-state index is -0.184. The van der Waals surface area contributed by atoms with Gasteiger partial charge in [-0.05, 0) is 23.8 Å². The molecule has 0 saturated heterocycles. The number of ether oxygens (including phenoxy) is 2. The van der Waals surface area contributed by atoms with Gasteiger partial charge in [-0.2, -0.15) is 0 Å². The van der Waals surface area contributed by atoms with E-state index >= 15 is 0 Å². The highest BCUT2D eigenvalue weighted by Gasteiger charge is 2.22. The molecule has 0 bridgehead atoms. The highest BCUT2D eigenvalue weighted by atomic mass is 35.5. The topological polar surface area (TPSA) is 47.6 Å². The fourth-order valence-corrected chi connectivity index (χ4v) is 5.50. The van der Waals surface area contributed by atoms with E-state index in [1.807, 2.05) is 18.2 Å². The smallest absolute Gasteiger partial charge is 0.265 e. The Morgan fingerprint density at radius 3 is 2.67 bits per heavy atom. The summed E-state index contributed by atoms with van der Waals surface area (Å²) in [5.74, 6) is 1.67. The number of anilines is 1. The first kappa shape index (κ1) is 18.2. The van der Waals surface area contributed by atoms with Gasteiger partial charge in [0.15, 0.2) is 0 Å². The van der Waals surface area contributed by atoms with Gasteiger partial charge in [0.25, 0.3) is 5.91 Å². The summed E-state index contributed by atoms with van der Waals surface area (Å²) in [5, 5.41) is 3.31. The Morgan fingerprint density at radius 1 is 1.11 bits per heavy atom. The molecule has 0 aliphatic carbocycles. The standard InChI is InChI=1S/C20H16ClNO3S2/c1-24-15-9-16(25-2)14(8-13(15)21)22-20(23)18-7-11-10-26-17-6-4-3-5-12(17)19(11)27-18/h3-9H,10H2,1-2H3,(H,22,23). The zero-order valence-electron chi connectivity index (χ0n) is 14.7. The molecule has 4 rings (SSSR count). The molecule has 138 valence electrons. The van der Waals surface area contributed by atoms with Crippen molar-refractivity contribution in [3.63, 3.8) is 0 Å². The van der Waals surface area contributed by atoms with Crippen molar-refractivity contribution in [3.05, 3.63) is 57.9 Å². The molecular formula is C20H16ClNO3S2. The second kappa shape index (κ2) is 7.46. The molecule has 0 spiro atoms. The molecule has 0 saturated carbocycles. The largest absolute Gasteiger partial charge is 0.495 e. The number of benzene rings is 2. The summed E-state index contributed by atoms with van der Waals surface area (Å²) in [7, 11) is 3.07. The zero-order chi connectivity index (χ0) is 19.0. The van der Waals surface area contributed by atoms with Crippen LogP contribution in [0.3, 0.4) is 0 Å². The number of carbonyl (C=O) groups excluding carboxylic acids is 1. The van der Waals surface area contributed by atoms with Crippen molar-refractivity contribution in [2.45, 2.75) is 10.6 Å². The van der Waals surface area contributed by atoms with E-state index in [4.69, 9.17) is 21.1 Å². The molecular weight excluding hydrogens is 402 g/mol. The minimum Gasteiger partial charge on any atom is -0.495 e. The predicted molar refractivity (Wildman–Crippen MR) is 112 cm³/mol. The quantitative estimate of drug-likeness (QED) is 0.570. The first-order chi connectivity index (χ1) is 13.1. The fraction of sp³-hybridized carbons (Fsp3) is 0.150. The molecule has 3 aromatic rings. The first-order valence-electron chi connectivity index (χ1n) is 8.18. The highest BCUT2D eigenvalue weighted by molar-refractivity contribution is 7.98. The number of amides is 1. The van der Waals surface area contributed by atoms with Crippen molar-refractivity contribution in [3.8, 4) is 21.9 Å². The van der Waals surface area contributed by atoms with E-state index in [2.05, 4.69) is 17.4 Å². The summed E-state index contributed by atoms with van der Waals surface area (Å²) in [6.07, 6.45) is 0. The van der Waals surface area contributed by atoms with Crippen LogP contribution in [0.5, 0.6) is 11.5 Å². The second-order valence-electron chi connectivity index (χ2n) is 5.89. The van der Waals surface area contributed by atoms with Gasteiger partial charge in [0.05, 0.1) is 29.8 Å². The number of fused-ring (bicyclic) bond motifs is 3. The lowest BCUT2D eigenvalue weighted by Crippen LogP contribution is -2.11.